The van der Waals surface area contributed by atoms with E-state index in [1.54, 1.807) is 0 Å². The molecule has 1 amide bonds. The van der Waals surface area contributed by atoms with Gasteiger partial charge >= 0.3 is 0 Å². The van der Waals surface area contributed by atoms with Gasteiger partial charge in [0.2, 0.25) is 0 Å². The molecule has 0 radical (unpaired) electrons. The van der Waals surface area contributed by atoms with E-state index in [0.717, 1.165) is 17.3 Å². The molecule has 0 aliphatic carbocycles. The van der Waals surface area contributed by atoms with Crippen LogP contribution in [0.5, 0.6) is 5.75 Å². The fraction of sp³-hybridized carbons (Fsp3) is 0.500. The van der Waals surface area contributed by atoms with Gasteiger partial charge in [-0.25, -0.2) is 0 Å². The first kappa shape index (κ1) is 19.2. The molecule has 4 nitrogen and oxygen atoms in total. The topological polar surface area (TPSA) is 64.3 Å². The number of nitrogens with two attached hydrogens (primary N) is 1. The molecule has 0 aliphatic rings. The predicted molar refractivity (Wildman–Crippen MR) is 87.4 cm³/mol. The summed E-state index contributed by atoms with van der Waals surface area (Å²) >= 11 is 3.35. The van der Waals surface area contributed by atoms with Crippen molar-refractivity contribution in [3.8, 4) is 5.75 Å². The normalized spacial score (nSPS) is 10.6. The summed E-state index contributed by atoms with van der Waals surface area (Å²) in [4.78, 5) is 11.7. The molecule has 0 spiro atoms. The van der Waals surface area contributed by atoms with E-state index < -0.39 is 0 Å². The van der Waals surface area contributed by atoms with Crippen LogP contribution in [-0.2, 0) is 4.79 Å². The quantitative estimate of drug-likeness (QED) is 0.781. The van der Waals surface area contributed by atoms with Crippen LogP contribution in [0.15, 0.2) is 28.7 Å². The van der Waals surface area contributed by atoms with Crippen molar-refractivity contribution in [1.82, 2.24) is 5.32 Å². The van der Waals surface area contributed by atoms with E-state index in [-0.39, 0.29) is 30.5 Å². The van der Waals surface area contributed by atoms with Crippen LogP contribution in [0.25, 0.3) is 0 Å². The van der Waals surface area contributed by atoms with Gasteiger partial charge in [0, 0.05) is 16.6 Å². The molecule has 1 aromatic rings. The molecule has 0 bridgehead atoms. The lowest BCUT2D eigenvalue weighted by atomic mass is 9.94. The van der Waals surface area contributed by atoms with E-state index in [1.165, 1.54) is 0 Å². The third kappa shape index (κ3) is 6.59. The number of hydrogen-bond donors (Lipinski definition) is 2. The zero-order chi connectivity index (χ0) is 14.3. The first-order valence-corrected chi connectivity index (χ1v) is 7.22. The van der Waals surface area contributed by atoms with Gasteiger partial charge in [-0.2, -0.15) is 0 Å². The molecule has 0 saturated carbocycles. The molecule has 0 unspecified atom stereocenters. The minimum Gasteiger partial charge on any atom is -0.484 e. The second-order valence-electron chi connectivity index (χ2n) is 4.59. The maximum absolute atomic E-state index is 11.7. The fourth-order valence-electron chi connectivity index (χ4n) is 1.53. The number of carbonyl (C=O) groups excluding carboxylic acids is 1. The number of carbonyl (C=O) groups is 1. The van der Waals surface area contributed by atoms with Crippen molar-refractivity contribution >= 4 is 34.2 Å². The lowest BCUT2D eigenvalue weighted by Crippen LogP contribution is -2.50. The highest BCUT2D eigenvalue weighted by atomic mass is 79.9. The van der Waals surface area contributed by atoms with Gasteiger partial charge in [0.1, 0.15) is 5.75 Å². The van der Waals surface area contributed by atoms with Crippen LogP contribution in [0.2, 0.25) is 0 Å². The van der Waals surface area contributed by atoms with Gasteiger partial charge in [-0.15, -0.1) is 12.4 Å². The molecule has 3 N–H and O–H groups in total. The van der Waals surface area contributed by atoms with Crippen LogP contribution < -0.4 is 15.8 Å². The van der Waals surface area contributed by atoms with Crippen molar-refractivity contribution in [2.45, 2.75) is 32.2 Å². The third-order valence-corrected chi connectivity index (χ3v) is 3.71. The van der Waals surface area contributed by atoms with Gasteiger partial charge in [0.05, 0.1) is 0 Å². The Morgan fingerprint density at radius 1 is 1.40 bits per heavy atom. The standard InChI is InChI=1S/C14H21BrN2O2.ClH/c1-3-14(16,4-2)10-17-13(18)9-19-12-7-5-6-11(15)8-12;/h5-8H,3-4,9-10,16H2,1-2H3,(H,17,18);1H. The Morgan fingerprint density at radius 2 is 2.05 bits per heavy atom. The average Bonchev–Trinajstić information content (AvgIpc) is 2.42. The summed E-state index contributed by atoms with van der Waals surface area (Å²) in [5.74, 6) is 0.506. The molecule has 1 rings (SSSR count). The van der Waals surface area contributed by atoms with E-state index in [2.05, 4.69) is 21.2 Å². The van der Waals surface area contributed by atoms with Crippen molar-refractivity contribution in [2.75, 3.05) is 13.2 Å². The number of nitrogens with one attached hydrogen (secondary N) is 1. The van der Waals surface area contributed by atoms with Crippen LogP contribution in [0, 0.1) is 0 Å². The Bertz CT molecular complexity index is 425. The van der Waals surface area contributed by atoms with Crippen LogP contribution in [0.1, 0.15) is 26.7 Å². The minimum absolute atomic E-state index is 0. The fourth-order valence-corrected chi connectivity index (χ4v) is 1.91. The van der Waals surface area contributed by atoms with Gasteiger partial charge in [0.25, 0.3) is 5.91 Å². The predicted octanol–water partition coefficient (Wildman–Crippen LogP) is 2.88. The van der Waals surface area contributed by atoms with Gasteiger partial charge in [-0.3, -0.25) is 4.79 Å². The third-order valence-electron chi connectivity index (χ3n) is 3.21. The van der Waals surface area contributed by atoms with Gasteiger partial charge in [-0.05, 0) is 31.0 Å². The lowest BCUT2D eigenvalue weighted by molar-refractivity contribution is -0.123. The summed E-state index contributed by atoms with van der Waals surface area (Å²) < 4.78 is 6.32. The Labute approximate surface area is 135 Å². The second kappa shape index (κ2) is 9.21. The molecule has 0 aromatic heterocycles. The second-order valence-corrected chi connectivity index (χ2v) is 5.51. The van der Waals surface area contributed by atoms with E-state index in [1.807, 2.05) is 38.1 Å². The van der Waals surface area contributed by atoms with E-state index in [9.17, 15) is 4.79 Å². The van der Waals surface area contributed by atoms with Crippen molar-refractivity contribution in [3.05, 3.63) is 28.7 Å². The smallest absolute Gasteiger partial charge is 0.258 e. The first-order valence-electron chi connectivity index (χ1n) is 6.43. The molecule has 0 aliphatic heterocycles. The van der Waals surface area contributed by atoms with E-state index in [0.29, 0.717) is 12.3 Å². The highest BCUT2D eigenvalue weighted by Gasteiger charge is 2.20. The molecule has 0 fully saturated rings. The minimum atomic E-state index is -0.328. The highest BCUT2D eigenvalue weighted by molar-refractivity contribution is 9.10. The lowest BCUT2D eigenvalue weighted by Gasteiger charge is -2.26. The highest BCUT2D eigenvalue weighted by Crippen LogP contribution is 2.17. The molecular weight excluding hydrogens is 344 g/mol. The molecule has 0 heterocycles. The first-order chi connectivity index (χ1) is 8.99. The van der Waals surface area contributed by atoms with Gasteiger partial charge in [0.15, 0.2) is 6.61 Å². The van der Waals surface area contributed by atoms with Crippen LogP contribution in [0.3, 0.4) is 0 Å². The Kier molecular flexibility index (Phi) is 8.85. The number of ether oxygens (including phenoxy) is 1. The Balaban J connectivity index is 0.00000361. The Hall–Kier alpha value is -0.780. The summed E-state index contributed by atoms with van der Waals surface area (Å²) in [6.07, 6.45) is 1.66. The average molecular weight is 366 g/mol. The zero-order valence-corrected chi connectivity index (χ0v) is 14.2. The summed E-state index contributed by atoms with van der Waals surface area (Å²) in [5.41, 5.74) is 5.78. The molecule has 1 aromatic carbocycles. The number of benzene rings is 1. The van der Waals surface area contributed by atoms with Crippen LogP contribution >= 0.6 is 28.3 Å². The summed E-state index contributed by atoms with van der Waals surface area (Å²) in [6, 6.07) is 7.39. The SMILES string of the molecule is CCC(N)(CC)CNC(=O)COc1cccc(Br)c1.Cl. The van der Waals surface area contributed by atoms with Crippen LogP contribution in [0.4, 0.5) is 0 Å². The number of rotatable bonds is 7. The molecule has 0 saturated heterocycles. The molecule has 0 atom stereocenters. The molecule has 6 heteroatoms. The number of halogens is 2. The van der Waals surface area contributed by atoms with Crippen molar-refractivity contribution in [3.63, 3.8) is 0 Å². The maximum atomic E-state index is 11.7. The van der Waals surface area contributed by atoms with Crippen molar-refractivity contribution in [2.24, 2.45) is 5.73 Å². The largest absolute Gasteiger partial charge is 0.484 e. The zero-order valence-electron chi connectivity index (χ0n) is 11.8. The van der Waals surface area contributed by atoms with Crippen molar-refractivity contribution in [1.29, 1.82) is 0 Å². The maximum Gasteiger partial charge on any atom is 0.258 e. The van der Waals surface area contributed by atoms with E-state index >= 15 is 0 Å². The van der Waals surface area contributed by atoms with Crippen LogP contribution in [-0.4, -0.2) is 24.6 Å². The van der Waals surface area contributed by atoms with Gasteiger partial charge < -0.3 is 15.8 Å². The van der Waals surface area contributed by atoms with E-state index in [4.69, 9.17) is 10.5 Å². The monoisotopic (exact) mass is 364 g/mol. The van der Waals surface area contributed by atoms with Crippen molar-refractivity contribution < 1.29 is 9.53 Å². The molecule has 20 heavy (non-hydrogen) atoms. The number of amides is 1. The summed E-state index contributed by atoms with van der Waals surface area (Å²) in [5, 5.41) is 2.81. The van der Waals surface area contributed by atoms with Gasteiger partial charge in [-0.1, -0.05) is 35.8 Å². The Morgan fingerprint density at radius 3 is 2.60 bits per heavy atom. The number of hydrogen-bond acceptors (Lipinski definition) is 3. The summed E-state index contributed by atoms with van der Waals surface area (Å²) in [7, 11) is 0. The molecular formula is C14H22BrClN2O2. The molecule has 114 valence electrons. The summed E-state index contributed by atoms with van der Waals surface area (Å²) in [6.45, 7) is 4.52.